The van der Waals surface area contributed by atoms with Crippen molar-refractivity contribution in [3.05, 3.63) is 0 Å². The number of hydrogen-bond acceptors (Lipinski definition) is 4. The maximum absolute atomic E-state index is 12.1. The van der Waals surface area contributed by atoms with E-state index >= 15 is 0 Å². The quantitative estimate of drug-likeness (QED) is 0.765. The number of hydrogen-bond donors (Lipinski definition) is 1. The second-order valence-electron chi connectivity index (χ2n) is 5.12. The molecule has 6 heteroatoms. The molecule has 0 aliphatic rings. The lowest BCUT2D eigenvalue weighted by molar-refractivity contribution is -0.138. The molecule has 0 aromatic carbocycles. The van der Waals surface area contributed by atoms with E-state index < -0.39 is 26.0 Å². The first-order valence-corrected chi connectivity index (χ1v) is 6.86. The largest absolute Gasteiger partial charge is 0.394 e. The van der Waals surface area contributed by atoms with Gasteiger partial charge in [0, 0.05) is 13.3 Å². The van der Waals surface area contributed by atoms with E-state index in [1.54, 1.807) is 13.8 Å². The summed E-state index contributed by atoms with van der Waals surface area (Å²) in [6, 6.07) is 0. The van der Waals surface area contributed by atoms with Crippen LogP contribution in [0.5, 0.6) is 0 Å². The summed E-state index contributed by atoms with van der Waals surface area (Å²) in [7, 11) is -2.00. The van der Waals surface area contributed by atoms with Crippen LogP contribution in [0.15, 0.2) is 0 Å². The predicted octanol–water partition coefficient (Wildman–Crippen LogP) is 0.0389. The highest BCUT2D eigenvalue weighted by molar-refractivity contribution is 7.92. The molecular formula is C10H21NO4S. The normalized spacial score (nSPS) is 13.7. The summed E-state index contributed by atoms with van der Waals surface area (Å²) in [5, 5.41) is 9.14. The van der Waals surface area contributed by atoms with Crippen molar-refractivity contribution in [2.24, 2.45) is 0 Å². The Morgan fingerprint density at radius 1 is 1.25 bits per heavy atom. The summed E-state index contributed by atoms with van der Waals surface area (Å²) in [5.41, 5.74) is -0.779. The van der Waals surface area contributed by atoms with Gasteiger partial charge in [-0.15, -0.1) is 0 Å². The van der Waals surface area contributed by atoms with Gasteiger partial charge in [0.25, 0.3) is 0 Å². The number of carbonyl (C=O) groups is 1. The number of amides is 1. The lowest BCUT2D eigenvalue weighted by Crippen LogP contribution is -2.56. The van der Waals surface area contributed by atoms with Crippen molar-refractivity contribution in [1.82, 2.24) is 4.90 Å². The Bertz CT molecular complexity index is 370. The van der Waals surface area contributed by atoms with E-state index in [1.165, 1.54) is 25.8 Å². The molecule has 0 atom stereocenters. The SMILES string of the molecule is CN(C(=O)C(C)(C)S(C)(=O)=O)C(C)(C)CO. The second-order valence-corrected chi connectivity index (χ2v) is 7.68. The molecule has 0 aromatic heterocycles. The summed E-state index contributed by atoms with van der Waals surface area (Å²) in [5.74, 6) is -0.519. The zero-order chi connectivity index (χ0) is 13.4. The highest BCUT2D eigenvalue weighted by Gasteiger charge is 2.43. The number of nitrogens with zero attached hydrogens (tertiary/aromatic N) is 1. The van der Waals surface area contributed by atoms with Gasteiger partial charge in [0.2, 0.25) is 5.91 Å². The van der Waals surface area contributed by atoms with Crippen LogP contribution in [0.1, 0.15) is 27.7 Å². The third-order valence-corrected chi connectivity index (χ3v) is 5.07. The molecular weight excluding hydrogens is 230 g/mol. The molecule has 0 rings (SSSR count). The van der Waals surface area contributed by atoms with E-state index in [0.29, 0.717) is 0 Å². The number of likely N-dealkylation sites (N-methyl/N-ethyl adjacent to an activating group) is 1. The maximum Gasteiger partial charge on any atom is 0.243 e. The lowest BCUT2D eigenvalue weighted by atomic mass is 10.0. The molecule has 0 saturated carbocycles. The van der Waals surface area contributed by atoms with Crippen LogP contribution in [-0.2, 0) is 14.6 Å². The molecule has 0 radical (unpaired) electrons. The van der Waals surface area contributed by atoms with Crippen molar-refractivity contribution in [2.45, 2.75) is 38.0 Å². The van der Waals surface area contributed by atoms with Crippen molar-refractivity contribution < 1.29 is 18.3 Å². The maximum atomic E-state index is 12.1. The van der Waals surface area contributed by atoms with Gasteiger partial charge in [0.1, 0.15) is 4.75 Å². The average Bonchev–Trinajstić information content (AvgIpc) is 2.13. The van der Waals surface area contributed by atoms with Gasteiger partial charge in [-0.05, 0) is 27.7 Å². The number of rotatable bonds is 4. The molecule has 0 fully saturated rings. The van der Waals surface area contributed by atoms with Crippen molar-refractivity contribution in [1.29, 1.82) is 0 Å². The minimum absolute atomic E-state index is 0.227. The highest BCUT2D eigenvalue weighted by Crippen LogP contribution is 2.22. The minimum atomic E-state index is -3.49. The van der Waals surface area contributed by atoms with Gasteiger partial charge >= 0.3 is 0 Å². The second kappa shape index (κ2) is 4.33. The Labute approximate surface area is 97.4 Å². The third-order valence-electron chi connectivity index (χ3n) is 3.04. The van der Waals surface area contributed by atoms with E-state index in [1.807, 2.05) is 0 Å². The fourth-order valence-corrected chi connectivity index (χ4v) is 1.40. The standard InChI is InChI=1S/C10H21NO4S/c1-9(2,7-12)11(5)8(13)10(3,4)16(6,14)15/h12H,7H2,1-6H3. The minimum Gasteiger partial charge on any atom is -0.394 e. The lowest BCUT2D eigenvalue weighted by Gasteiger charge is -2.38. The first-order valence-electron chi connectivity index (χ1n) is 4.96. The average molecular weight is 251 g/mol. The Balaban J connectivity index is 5.26. The van der Waals surface area contributed by atoms with E-state index in [4.69, 9.17) is 5.11 Å². The van der Waals surface area contributed by atoms with Crippen molar-refractivity contribution in [3.8, 4) is 0 Å². The van der Waals surface area contributed by atoms with E-state index in [-0.39, 0.29) is 6.61 Å². The molecule has 0 heterocycles. The summed E-state index contributed by atoms with van der Waals surface area (Å²) >= 11 is 0. The van der Waals surface area contributed by atoms with Crippen LogP contribution in [0.25, 0.3) is 0 Å². The summed E-state index contributed by atoms with van der Waals surface area (Å²) in [6.45, 7) is 5.85. The van der Waals surface area contributed by atoms with Gasteiger partial charge in [-0.2, -0.15) is 0 Å². The molecule has 0 saturated heterocycles. The van der Waals surface area contributed by atoms with Gasteiger partial charge in [0.15, 0.2) is 9.84 Å². The van der Waals surface area contributed by atoms with Crippen LogP contribution in [0.2, 0.25) is 0 Å². The van der Waals surface area contributed by atoms with Gasteiger partial charge in [-0.25, -0.2) is 8.42 Å². The van der Waals surface area contributed by atoms with Crippen LogP contribution < -0.4 is 0 Å². The molecule has 0 bridgehead atoms. The molecule has 0 spiro atoms. The molecule has 16 heavy (non-hydrogen) atoms. The summed E-state index contributed by atoms with van der Waals surface area (Å²) in [4.78, 5) is 13.3. The van der Waals surface area contributed by atoms with E-state index in [2.05, 4.69) is 0 Å². The number of sulfone groups is 1. The van der Waals surface area contributed by atoms with Gasteiger partial charge < -0.3 is 10.0 Å². The van der Waals surface area contributed by atoms with Crippen LogP contribution >= 0.6 is 0 Å². The molecule has 1 N–H and O–H groups in total. The highest BCUT2D eigenvalue weighted by atomic mass is 32.2. The molecule has 0 aromatic rings. The summed E-state index contributed by atoms with van der Waals surface area (Å²) < 4.78 is 21.5. The molecule has 96 valence electrons. The van der Waals surface area contributed by atoms with Crippen LogP contribution in [-0.4, -0.2) is 54.5 Å². The Kier molecular flexibility index (Phi) is 4.16. The first-order chi connectivity index (χ1) is 6.88. The van der Waals surface area contributed by atoms with Gasteiger partial charge in [0.05, 0.1) is 12.1 Å². The number of aliphatic hydroxyl groups is 1. The zero-order valence-electron chi connectivity index (χ0n) is 10.7. The van der Waals surface area contributed by atoms with E-state index in [0.717, 1.165) is 6.26 Å². The van der Waals surface area contributed by atoms with Crippen LogP contribution in [0.4, 0.5) is 0 Å². The van der Waals surface area contributed by atoms with Crippen LogP contribution in [0, 0.1) is 0 Å². The predicted molar refractivity (Wildman–Crippen MR) is 62.9 cm³/mol. The van der Waals surface area contributed by atoms with Crippen molar-refractivity contribution in [3.63, 3.8) is 0 Å². The Morgan fingerprint density at radius 3 is 1.88 bits per heavy atom. The fourth-order valence-electron chi connectivity index (χ4n) is 0.943. The topological polar surface area (TPSA) is 74.7 Å². The van der Waals surface area contributed by atoms with Crippen LogP contribution in [0.3, 0.4) is 0 Å². The van der Waals surface area contributed by atoms with Crippen molar-refractivity contribution >= 4 is 15.7 Å². The molecule has 5 nitrogen and oxygen atoms in total. The monoisotopic (exact) mass is 251 g/mol. The zero-order valence-corrected chi connectivity index (χ0v) is 11.6. The number of carbonyl (C=O) groups excluding carboxylic acids is 1. The Morgan fingerprint density at radius 2 is 1.62 bits per heavy atom. The summed E-state index contributed by atoms with van der Waals surface area (Å²) in [6.07, 6.45) is 1.03. The third kappa shape index (κ3) is 2.74. The van der Waals surface area contributed by atoms with Gasteiger partial charge in [-0.1, -0.05) is 0 Å². The molecule has 0 unspecified atom stereocenters. The fraction of sp³-hybridized carbons (Fsp3) is 0.900. The Hall–Kier alpha value is -0.620. The number of aliphatic hydroxyl groups excluding tert-OH is 1. The van der Waals surface area contributed by atoms with Gasteiger partial charge in [-0.3, -0.25) is 4.79 Å². The van der Waals surface area contributed by atoms with Crippen molar-refractivity contribution in [2.75, 3.05) is 19.9 Å². The molecule has 0 aliphatic heterocycles. The first kappa shape index (κ1) is 15.4. The van der Waals surface area contributed by atoms with E-state index in [9.17, 15) is 13.2 Å². The smallest absolute Gasteiger partial charge is 0.243 e. The molecule has 0 aliphatic carbocycles. The molecule has 1 amide bonds.